The van der Waals surface area contributed by atoms with Gasteiger partial charge in [-0.2, -0.15) is 0 Å². The first kappa shape index (κ1) is 19.7. The molecule has 3 rings (SSSR count). The van der Waals surface area contributed by atoms with Crippen molar-refractivity contribution in [2.75, 3.05) is 25.1 Å². The van der Waals surface area contributed by atoms with E-state index in [0.29, 0.717) is 19.5 Å². The van der Waals surface area contributed by atoms with Crippen molar-refractivity contribution >= 4 is 17.7 Å². The lowest BCUT2D eigenvalue weighted by molar-refractivity contribution is 0.0546. The summed E-state index contributed by atoms with van der Waals surface area (Å²) in [6.45, 7) is 1.43. The van der Waals surface area contributed by atoms with E-state index < -0.39 is 12.1 Å². The summed E-state index contributed by atoms with van der Waals surface area (Å²) in [5, 5.41) is 12.1. The highest BCUT2D eigenvalue weighted by Gasteiger charge is 2.31. The Morgan fingerprint density at radius 2 is 1.96 bits per heavy atom. The average molecular weight is 384 g/mol. The van der Waals surface area contributed by atoms with Gasteiger partial charge in [-0.15, -0.1) is 0 Å². The molecule has 0 aliphatic carbocycles. The maximum atomic E-state index is 12.1. The van der Waals surface area contributed by atoms with Gasteiger partial charge in [0.1, 0.15) is 6.61 Å². The van der Waals surface area contributed by atoms with Crippen LogP contribution < -0.4 is 10.2 Å². The molecule has 2 N–H and O–H groups in total. The summed E-state index contributed by atoms with van der Waals surface area (Å²) in [6.07, 6.45) is -0.0419. The van der Waals surface area contributed by atoms with Gasteiger partial charge in [-0.05, 0) is 30.2 Å². The van der Waals surface area contributed by atoms with Gasteiger partial charge in [-0.1, -0.05) is 36.4 Å². The van der Waals surface area contributed by atoms with Crippen LogP contribution in [0.5, 0.6) is 0 Å². The molecule has 1 aliphatic heterocycles. The van der Waals surface area contributed by atoms with Gasteiger partial charge < -0.3 is 24.8 Å². The fourth-order valence-electron chi connectivity index (χ4n) is 3.31. The Hall–Kier alpha value is -3.06. The van der Waals surface area contributed by atoms with Crippen LogP contribution in [-0.4, -0.2) is 49.5 Å². The lowest BCUT2D eigenvalue weighted by Crippen LogP contribution is -2.55. The Balaban J connectivity index is 1.56. The van der Waals surface area contributed by atoms with Crippen molar-refractivity contribution in [2.24, 2.45) is 0 Å². The zero-order valence-corrected chi connectivity index (χ0v) is 15.7. The molecular weight excluding hydrogens is 360 g/mol. The van der Waals surface area contributed by atoms with Crippen LogP contribution in [0.1, 0.15) is 22.3 Å². The second kappa shape index (κ2) is 9.23. The second-order valence-electron chi connectivity index (χ2n) is 6.68. The van der Waals surface area contributed by atoms with Gasteiger partial charge in [-0.25, -0.2) is 9.59 Å². The Morgan fingerprint density at radius 1 is 1.18 bits per heavy atom. The minimum Gasteiger partial charge on any atom is -0.478 e. The highest BCUT2D eigenvalue weighted by atomic mass is 16.5. The number of alkyl carbamates (subject to hydrolysis) is 1. The van der Waals surface area contributed by atoms with Crippen molar-refractivity contribution in [1.29, 1.82) is 0 Å². The number of carbonyl (C=O) groups is 2. The van der Waals surface area contributed by atoms with Crippen molar-refractivity contribution < 1.29 is 24.2 Å². The van der Waals surface area contributed by atoms with Gasteiger partial charge in [0.2, 0.25) is 0 Å². The zero-order chi connectivity index (χ0) is 19.9. The Bertz CT molecular complexity index is 811. The second-order valence-corrected chi connectivity index (χ2v) is 6.68. The molecular formula is C21H24N2O5. The monoisotopic (exact) mass is 384 g/mol. The fourth-order valence-corrected chi connectivity index (χ4v) is 3.31. The number of anilines is 1. The summed E-state index contributed by atoms with van der Waals surface area (Å²) in [7, 11) is 1.60. The smallest absolute Gasteiger partial charge is 0.407 e. The number of rotatable bonds is 6. The molecule has 0 bridgehead atoms. The summed E-state index contributed by atoms with van der Waals surface area (Å²) < 4.78 is 10.9. The first-order valence-electron chi connectivity index (χ1n) is 9.15. The van der Waals surface area contributed by atoms with Crippen LogP contribution in [-0.2, 0) is 16.1 Å². The number of methoxy groups -OCH3 is 1. The van der Waals surface area contributed by atoms with Gasteiger partial charge in [0.15, 0.2) is 0 Å². The quantitative estimate of drug-likeness (QED) is 0.796. The van der Waals surface area contributed by atoms with Crippen molar-refractivity contribution in [3.63, 3.8) is 0 Å². The maximum Gasteiger partial charge on any atom is 0.407 e. The molecule has 0 aromatic heterocycles. The van der Waals surface area contributed by atoms with Gasteiger partial charge in [-0.3, -0.25) is 0 Å². The van der Waals surface area contributed by atoms with E-state index in [9.17, 15) is 14.7 Å². The number of nitrogens with one attached hydrogen (secondary N) is 1. The van der Waals surface area contributed by atoms with Crippen LogP contribution in [0.25, 0.3) is 0 Å². The first-order valence-corrected chi connectivity index (χ1v) is 9.15. The normalized spacial score (nSPS) is 19.1. The predicted octanol–water partition coefficient (Wildman–Crippen LogP) is 2.90. The average Bonchev–Trinajstić information content (AvgIpc) is 2.73. The lowest BCUT2D eigenvalue weighted by Gasteiger charge is -2.39. The van der Waals surface area contributed by atoms with Crippen LogP contribution in [0.2, 0.25) is 0 Å². The molecule has 0 radical (unpaired) electrons. The SMILES string of the molecule is CO[C@H]1CN(c2cccc(C(=O)O)c2)CC[C@H]1NC(=O)OCc1ccccc1. The minimum atomic E-state index is -0.956. The molecule has 0 saturated carbocycles. The first-order chi connectivity index (χ1) is 13.6. The summed E-state index contributed by atoms with van der Waals surface area (Å²) in [4.78, 5) is 25.4. The molecule has 1 heterocycles. The van der Waals surface area contributed by atoms with E-state index in [2.05, 4.69) is 10.2 Å². The lowest BCUT2D eigenvalue weighted by atomic mass is 10.0. The number of carboxylic acid groups (broad SMARTS) is 1. The van der Waals surface area contributed by atoms with Gasteiger partial charge >= 0.3 is 12.1 Å². The summed E-state index contributed by atoms with van der Waals surface area (Å²) in [5.74, 6) is -0.956. The van der Waals surface area contributed by atoms with Gasteiger partial charge in [0.25, 0.3) is 0 Å². The molecule has 2 aromatic rings. The third-order valence-corrected chi connectivity index (χ3v) is 4.84. The van der Waals surface area contributed by atoms with Crippen molar-refractivity contribution in [1.82, 2.24) is 5.32 Å². The number of ether oxygens (including phenoxy) is 2. The van der Waals surface area contributed by atoms with Crippen LogP contribution in [0.4, 0.5) is 10.5 Å². The van der Waals surface area contributed by atoms with Crippen molar-refractivity contribution in [3.8, 4) is 0 Å². The molecule has 0 spiro atoms. The number of aromatic carboxylic acids is 1. The Labute approximate surface area is 163 Å². The summed E-state index contributed by atoms with van der Waals surface area (Å²) >= 11 is 0. The molecule has 1 fully saturated rings. The van der Waals surface area contributed by atoms with E-state index in [-0.39, 0.29) is 24.3 Å². The van der Waals surface area contributed by atoms with E-state index in [1.165, 1.54) is 0 Å². The fraction of sp³-hybridized carbons (Fsp3) is 0.333. The van der Waals surface area contributed by atoms with Crippen LogP contribution >= 0.6 is 0 Å². The van der Waals surface area contributed by atoms with Gasteiger partial charge in [0.05, 0.1) is 17.7 Å². The van der Waals surface area contributed by atoms with E-state index in [1.54, 1.807) is 25.3 Å². The molecule has 2 aromatic carbocycles. The molecule has 1 aliphatic rings. The third-order valence-electron chi connectivity index (χ3n) is 4.84. The van der Waals surface area contributed by atoms with Gasteiger partial charge in [0, 0.05) is 25.9 Å². The molecule has 28 heavy (non-hydrogen) atoms. The number of nitrogens with zero attached hydrogens (tertiary/aromatic N) is 1. The molecule has 1 saturated heterocycles. The molecule has 7 heteroatoms. The predicted molar refractivity (Wildman–Crippen MR) is 105 cm³/mol. The number of carbonyl (C=O) groups excluding carboxylic acids is 1. The topological polar surface area (TPSA) is 88.1 Å². The van der Waals surface area contributed by atoms with Crippen LogP contribution in [0.15, 0.2) is 54.6 Å². The van der Waals surface area contributed by atoms with Crippen LogP contribution in [0, 0.1) is 0 Å². The molecule has 1 amide bonds. The van der Waals surface area contributed by atoms with E-state index in [4.69, 9.17) is 9.47 Å². The Kier molecular flexibility index (Phi) is 6.49. The van der Waals surface area contributed by atoms with E-state index >= 15 is 0 Å². The largest absolute Gasteiger partial charge is 0.478 e. The summed E-state index contributed by atoms with van der Waals surface area (Å²) in [6, 6.07) is 16.1. The highest BCUT2D eigenvalue weighted by molar-refractivity contribution is 5.88. The number of piperidine rings is 1. The molecule has 0 unspecified atom stereocenters. The number of carboxylic acids is 1. The van der Waals surface area contributed by atoms with Crippen molar-refractivity contribution in [2.45, 2.75) is 25.2 Å². The van der Waals surface area contributed by atoms with Crippen LogP contribution in [0.3, 0.4) is 0 Å². The molecule has 2 atom stereocenters. The minimum absolute atomic E-state index is 0.174. The van der Waals surface area contributed by atoms with Crippen molar-refractivity contribution in [3.05, 3.63) is 65.7 Å². The molecule has 7 nitrogen and oxygen atoms in total. The third kappa shape index (κ3) is 5.01. The number of amides is 1. The number of hydrogen-bond donors (Lipinski definition) is 2. The number of hydrogen-bond acceptors (Lipinski definition) is 5. The number of benzene rings is 2. The standard InChI is InChI=1S/C21H24N2O5/c1-27-19-13-23(17-9-5-8-16(12-17)20(24)25)11-10-18(19)22-21(26)28-14-15-6-3-2-4-7-15/h2-9,12,18-19H,10-11,13-14H2,1H3,(H,22,26)(H,24,25)/t18-,19+/m1/s1. The Morgan fingerprint density at radius 3 is 2.68 bits per heavy atom. The summed E-state index contributed by atoms with van der Waals surface area (Å²) in [5.41, 5.74) is 2.00. The highest BCUT2D eigenvalue weighted by Crippen LogP contribution is 2.23. The van der Waals surface area contributed by atoms with E-state index in [1.807, 2.05) is 36.4 Å². The maximum absolute atomic E-state index is 12.1. The zero-order valence-electron chi connectivity index (χ0n) is 15.7. The molecule has 148 valence electrons. The van der Waals surface area contributed by atoms with E-state index in [0.717, 1.165) is 11.3 Å².